The number of hydrogen-bond donors (Lipinski definition) is 0. The Morgan fingerprint density at radius 3 is 2.09 bits per heavy atom. The van der Waals surface area contributed by atoms with Crippen LogP contribution in [0.5, 0.6) is 0 Å². The van der Waals surface area contributed by atoms with Crippen LogP contribution in [0.3, 0.4) is 0 Å². The molecule has 0 aliphatic carbocycles. The first-order valence-electron chi connectivity index (χ1n) is 6.87. The largest absolute Gasteiger partial charge is 0.391 e. The summed E-state index contributed by atoms with van der Waals surface area (Å²) in [6.07, 6.45) is -2.41. The zero-order chi connectivity index (χ0) is 16.2. The van der Waals surface area contributed by atoms with Crippen LogP contribution in [0.4, 0.5) is 18.9 Å². The molecule has 1 heterocycles. The van der Waals surface area contributed by atoms with Gasteiger partial charge in [-0.2, -0.15) is 23.7 Å². The number of nitrogens with zero attached hydrogens (tertiary/aromatic N) is 3. The summed E-state index contributed by atoms with van der Waals surface area (Å²) in [5.41, 5.74) is 1.58. The minimum Gasteiger partial charge on any atom is -0.372 e. The molecule has 0 N–H and O–H groups in total. The Hall–Kier alpha value is -2.47. The highest BCUT2D eigenvalue weighted by Gasteiger charge is 2.41. The summed E-state index contributed by atoms with van der Waals surface area (Å²) in [6, 6.07) is 10.7. The van der Waals surface area contributed by atoms with Crippen molar-refractivity contribution in [2.75, 3.05) is 18.0 Å². The smallest absolute Gasteiger partial charge is 0.372 e. The number of benzene rings is 1. The molecule has 1 aliphatic rings. The van der Waals surface area contributed by atoms with Crippen LogP contribution in [0.15, 0.2) is 29.8 Å². The van der Waals surface area contributed by atoms with Crippen molar-refractivity contribution in [3.8, 4) is 12.1 Å². The monoisotopic (exact) mass is 305 g/mol. The lowest BCUT2D eigenvalue weighted by Crippen LogP contribution is -2.38. The summed E-state index contributed by atoms with van der Waals surface area (Å²) >= 11 is 0. The molecule has 0 aromatic heterocycles. The van der Waals surface area contributed by atoms with Gasteiger partial charge in [-0.05, 0) is 36.6 Å². The fraction of sp³-hybridized carbons (Fsp3) is 0.375. The van der Waals surface area contributed by atoms with Gasteiger partial charge in [0, 0.05) is 18.8 Å². The van der Waals surface area contributed by atoms with Gasteiger partial charge in [-0.3, -0.25) is 0 Å². The summed E-state index contributed by atoms with van der Waals surface area (Å²) in [4.78, 5) is 1.92. The minimum absolute atomic E-state index is 0.0127. The van der Waals surface area contributed by atoms with E-state index in [0.29, 0.717) is 18.7 Å². The van der Waals surface area contributed by atoms with Crippen molar-refractivity contribution in [3.05, 3.63) is 35.4 Å². The lowest BCUT2D eigenvalue weighted by molar-refractivity contribution is -0.179. The van der Waals surface area contributed by atoms with Gasteiger partial charge in [-0.25, -0.2) is 0 Å². The van der Waals surface area contributed by atoms with E-state index in [2.05, 4.69) is 0 Å². The third-order valence-corrected chi connectivity index (χ3v) is 3.77. The first kappa shape index (κ1) is 15.9. The highest BCUT2D eigenvalue weighted by molar-refractivity contribution is 5.64. The molecule has 1 fully saturated rings. The maximum Gasteiger partial charge on any atom is 0.391 e. The van der Waals surface area contributed by atoms with Crippen molar-refractivity contribution >= 4 is 11.8 Å². The van der Waals surface area contributed by atoms with Crippen LogP contribution in [-0.4, -0.2) is 19.3 Å². The SMILES string of the molecule is N#CC(C#N)=Cc1ccc(N2CCC(C(F)(F)F)CC2)cc1. The molecule has 0 amide bonds. The molecule has 0 spiro atoms. The van der Waals surface area contributed by atoms with Gasteiger partial charge < -0.3 is 4.90 Å². The lowest BCUT2D eigenvalue weighted by Gasteiger charge is -2.34. The summed E-state index contributed by atoms with van der Waals surface area (Å²) < 4.78 is 37.9. The molecule has 3 nitrogen and oxygen atoms in total. The second-order valence-electron chi connectivity index (χ2n) is 5.18. The zero-order valence-corrected chi connectivity index (χ0v) is 11.8. The average molecular weight is 305 g/mol. The maximum absolute atomic E-state index is 12.6. The van der Waals surface area contributed by atoms with Gasteiger partial charge in [-0.15, -0.1) is 0 Å². The Bertz CT molecular complexity index is 609. The molecule has 0 saturated carbocycles. The Labute approximate surface area is 126 Å². The van der Waals surface area contributed by atoms with Gasteiger partial charge in [0.1, 0.15) is 17.7 Å². The molecular weight excluding hydrogens is 291 g/mol. The average Bonchev–Trinajstić information content (AvgIpc) is 2.52. The van der Waals surface area contributed by atoms with Crippen molar-refractivity contribution in [1.29, 1.82) is 10.5 Å². The number of hydrogen-bond acceptors (Lipinski definition) is 3. The van der Waals surface area contributed by atoms with Gasteiger partial charge in [0.25, 0.3) is 0 Å². The van der Waals surface area contributed by atoms with E-state index in [4.69, 9.17) is 10.5 Å². The summed E-state index contributed by atoms with van der Waals surface area (Å²) in [7, 11) is 0. The van der Waals surface area contributed by atoms with E-state index >= 15 is 0 Å². The molecule has 1 aromatic carbocycles. The predicted molar refractivity (Wildman–Crippen MR) is 76.6 cm³/mol. The highest BCUT2D eigenvalue weighted by Crippen LogP contribution is 2.35. The molecule has 22 heavy (non-hydrogen) atoms. The van der Waals surface area contributed by atoms with Gasteiger partial charge in [0.05, 0.1) is 5.92 Å². The quantitative estimate of drug-likeness (QED) is 0.779. The maximum atomic E-state index is 12.6. The first-order chi connectivity index (χ1) is 10.4. The molecule has 6 heteroatoms. The van der Waals surface area contributed by atoms with Crippen LogP contribution in [0.1, 0.15) is 18.4 Å². The molecule has 114 valence electrons. The molecule has 0 radical (unpaired) electrons. The van der Waals surface area contributed by atoms with Gasteiger partial charge in [-0.1, -0.05) is 12.1 Å². The minimum atomic E-state index is -4.11. The van der Waals surface area contributed by atoms with Crippen LogP contribution >= 0.6 is 0 Å². The number of halogens is 3. The van der Waals surface area contributed by atoms with Crippen molar-refractivity contribution in [1.82, 2.24) is 0 Å². The van der Waals surface area contributed by atoms with Crippen molar-refractivity contribution in [3.63, 3.8) is 0 Å². The number of alkyl halides is 3. The lowest BCUT2D eigenvalue weighted by atomic mass is 9.96. The Morgan fingerprint density at radius 2 is 1.64 bits per heavy atom. The van der Waals surface area contributed by atoms with Gasteiger partial charge in [0.15, 0.2) is 0 Å². The molecule has 0 unspecified atom stereocenters. The van der Waals surface area contributed by atoms with E-state index < -0.39 is 12.1 Å². The summed E-state index contributed by atoms with van der Waals surface area (Å²) in [5, 5.41) is 17.4. The number of allylic oxidation sites excluding steroid dienone is 1. The van der Waals surface area contributed by atoms with Crippen LogP contribution < -0.4 is 4.90 Å². The topological polar surface area (TPSA) is 50.8 Å². The van der Waals surface area contributed by atoms with Gasteiger partial charge in [0.2, 0.25) is 0 Å². The van der Waals surface area contributed by atoms with Crippen molar-refractivity contribution in [2.24, 2.45) is 5.92 Å². The number of piperidine rings is 1. The Morgan fingerprint density at radius 1 is 1.09 bits per heavy atom. The third kappa shape index (κ3) is 3.79. The van der Waals surface area contributed by atoms with Crippen molar-refractivity contribution < 1.29 is 13.2 Å². The standard InChI is InChI=1S/C16H14F3N3/c17-16(18,19)14-5-7-22(8-6-14)15-3-1-12(2-4-15)9-13(10-20)11-21/h1-4,9,14H,5-8H2. The second-order valence-corrected chi connectivity index (χ2v) is 5.18. The van der Waals surface area contributed by atoms with E-state index in [1.54, 1.807) is 36.4 Å². The number of rotatable bonds is 2. The molecular formula is C16H14F3N3. The summed E-state index contributed by atoms with van der Waals surface area (Å²) in [5.74, 6) is -1.21. The fourth-order valence-electron chi connectivity index (χ4n) is 2.50. The Kier molecular flexibility index (Phi) is 4.72. The Balaban J connectivity index is 2.03. The zero-order valence-electron chi connectivity index (χ0n) is 11.8. The van der Waals surface area contributed by atoms with E-state index in [1.165, 1.54) is 6.08 Å². The fourth-order valence-corrected chi connectivity index (χ4v) is 2.50. The molecule has 0 bridgehead atoms. The third-order valence-electron chi connectivity index (χ3n) is 3.77. The summed E-state index contributed by atoms with van der Waals surface area (Å²) in [6.45, 7) is 0.752. The number of nitriles is 2. The molecule has 0 atom stereocenters. The highest BCUT2D eigenvalue weighted by atomic mass is 19.4. The van der Waals surface area contributed by atoms with Crippen molar-refractivity contribution in [2.45, 2.75) is 19.0 Å². The second kappa shape index (κ2) is 6.53. The number of anilines is 1. The normalized spacial score (nSPS) is 15.8. The molecule has 1 saturated heterocycles. The van der Waals surface area contributed by atoms with Crippen LogP contribution in [0, 0.1) is 28.6 Å². The van der Waals surface area contributed by atoms with Crippen LogP contribution in [0.2, 0.25) is 0 Å². The van der Waals surface area contributed by atoms with Crippen LogP contribution in [-0.2, 0) is 0 Å². The molecule has 1 aromatic rings. The molecule has 1 aliphatic heterocycles. The molecule has 2 rings (SSSR count). The van der Waals surface area contributed by atoms with Crippen LogP contribution in [0.25, 0.3) is 6.08 Å². The van der Waals surface area contributed by atoms with E-state index in [0.717, 1.165) is 5.69 Å². The van der Waals surface area contributed by atoms with Gasteiger partial charge >= 0.3 is 6.18 Å². The first-order valence-corrected chi connectivity index (χ1v) is 6.87. The van der Waals surface area contributed by atoms with E-state index in [1.807, 2.05) is 4.90 Å². The van der Waals surface area contributed by atoms with E-state index in [-0.39, 0.29) is 18.4 Å². The predicted octanol–water partition coefficient (Wildman–Crippen LogP) is 3.90. The van der Waals surface area contributed by atoms with E-state index in [9.17, 15) is 13.2 Å².